The van der Waals surface area contributed by atoms with Gasteiger partial charge in [-0.3, -0.25) is 9.78 Å². The van der Waals surface area contributed by atoms with Crippen molar-refractivity contribution in [3.05, 3.63) is 53.9 Å². The van der Waals surface area contributed by atoms with Crippen LogP contribution < -0.4 is 15.2 Å². The highest BCUT2D eigenvalue weighted by atomic mass is 32.2. The summed E-state index contributed by atoms with van der Waals surface area (Å²) in [4.78, 5) is 16.0. The van der Waals surface area contributed by atoms with Gasteiger partial charge in [0.1, 0.15) is 5.75 Å². The molecule has 0 aliphatic rings. The zero-order valence-corrected chi connectivity index (χ0v) is 12.6. The average Bonchev–Trinajstić information content (AvgIpc) is 2.52. The number of nitrogens with zero attached hydrogens (tertiary/aromatic N) is 1. The largest absolute Gasteiger partial charge is 0.496 e. The van der Waals surface area contributed by atoms with Gasteiger partial charge in [0, 0.05) is 18.9 Å². The number of rotatable bonds is 5. The fraction of sp³-hybridized carbons (Fsp3) is 0.143. The molecule has 1 heterocycles. The zero-order valence-electron chi connectivity index (χ0n) is 11.8. The summed E-state index contributed by atoms with van der Waals surface area (Å²) in [7, 11) is -2.50. The van der Waals surface area contributed by atoms with Crippen molar-refractivity contribution >= 4 is 15.9 Å². The summed E-state index contributed by atoms with van der Waals surface area (Å²) >= 11 is 0. The zero-order chi connectivity index (χ0) is 16.2. The second kappa shape index (κ2) is 6.54. The van der Waals surface area contributed by atoms with Gasteiger partial charge in [-0.1, -0.05) is 6.07 Å². The number of ether oxygens (including phenoxy) is 1. The first-order chi connectivity index (χ1) is 10.4. The van der Waals surface area contributed by atoms with E-state index in [0.717, 1.165) is 5.56 Å². The lowest BCUT2D eigenvalue weighted by molar-refractivity contribution is 0.0947. The van der Waals surface area contributed by atoms with Crippen molar-refractivity contribution in [2.45, 2.75) is 11.4 Å². The Bertz CT molecular complexity index is 776. The number of pyridine rings is 1. The molecule has 3 N–H and O–H groups in total. The molecule has 2 rings (SSSR count). The molecule has 0 saturated carbocycles. The van der Waals surface area contributed by atoms with Gasteiger partial charge in [-0.05, 0) is 29.8 Å². The van der Waals surface area contributed by atoms with Crippen LogP contribution in [0.4, 0.5) is 0 Å². The fourth-order valence-corrected chi connectivity index (χ4v) is 2.36. The van der Waals surface area contributed by atoms with Gasteiger partial charge in [-0.15, -0.1) is 0 Å². The third-order valence-electron chi connectivity index (χ3n) is 2.92. The van der Waals surface area contributed by atoms with Crippen LogP contribution in [-0.2, 0) is 16.6 Å². The van der Waals surface area contributed by atoms with Crippen LogP contribution in [0.1, 0.15) is 15.9 Å². The minimum Gasteiger partial charge on any atom is -0.496 e. The van der Waals surface area contributed by atoms with E-state index in [2.05, 4.69) is 10.3 Å². The van der Waals surface area contributed by atoms with E-state index >= 15 is 0 Å². The van der Waals surface area contributed by atoms with E-state index < -0.39 is 15.9 Å². The molecule has 0 unspecified atom stereocenters. The van der Waals surface area contributed by atoms with Gasteiger partial charge < -0.3 is 10.1 Å². The molecule has 0 bridgehead atoms. The van der Waals surface area contributed by atoms with E-state index in [1.165, 1.54) is 25.3 Å². The number of primary sulfonamides is 1. The van der Waals surface area contributed by atoms with Crippen molar-refractivity contribution in [1.82, 2.24) is 10.3 Å². The van der Waals surface area contributed by atoms with E-state index in [-0.39, 0.29) is 22.8 Å². The molecule has 0 atom stereocenters. The summed E-state index contributed by atoms with van der Waals surface area (Å²) in [5.74, 6) is -0.206. The second-order valence-corrected chi connectivity index (χ2v) is 6.01. The molecule has 1 aromatic heterocycles. The molecule has 116 valence electrons. The smallest absolute Gasteiger partial charge is 0.255 e. The first-order valence-electron chi connectivity index (χ1n) is 6.30. The Morgan fingerprint density at radius 2 is 2.14 bits per heavy atom. The predicted octanol–water partition coefficient (Wildman–Crippen LogP) is 0.668. The molecule has 0 fully saturated rings. The van der Waals surface area contributed by atoms with Crippen LogP contribution in [-0.4, -0.2) is 26.4 Å². The first-order valence-corrected chi connectivity index (χ1v) is 7.84. The molecule has 1 amide bonds. The Hall–Kier alpha value is -2.45. The third-order valence-corrected chi connectivity index (χ3v) is 3.83. The Kier molecular flexibility index (Phi) is 4.74. The maximum atomic E-state index is 12.2. The number of amides is 1. The maximum absolute atomic E-state index is 12.2. The maximum Gasteiger partial charge on any atom is 0.255 e. The number of hydrogen-bond acceptors (Lipinski definition) is 5. The molecule has 8 heteroatoms. The molecule has 0 radical (unpaired) electrons. The monoisotopic (exact) mass is 321 g/mol. The molecule has 2 aromatic rings. The van der Waals surface area contributed by atoms with Gasteiger partial charge in [0.15, 0.2) is 0 Å². The minimum atomic E-state index is -3.90. The fourth-order valence-electron chi connectivity index (χ4n) is 1.82. The number of benzene rings is 1. The number of carbonyl (C=O) groups is 1. The summed E-state index contributed by atoms with van der Waals surface area (Å²) in [6.45, 7) is 0.259. The van der Waals surface area contributed by atoms with Crippen LogP contribution in [0.25, 0.3) is 0 Å². The summed E-state index contributed by atoms with van der Waals surface area (Å²) in [6, 6.07) is 7.42. The quantitative estimate of drug-likeness (QED) is 0.840. The molecule has 1 aromatic carbocycles. The summed E-state index contributed by atoms with van der Waals surface area (Å²) in [5, 5.41) is 7.75. The Morgan fingerprint density at radius 1 is 1.36 bits per heavy atom. The van der Waals surface area contributed by atoms with Crippen LogP contribution in [0.5, 0.6) is 5.75 Å². The average molecular weight is 321 g/mol. The van der Waals surface area contributed by atoms with Crippen LogP contribution in [0, 0.1) is 0 Å². The lowest BCUT2D eigenvalue weighted by Gasteiger charge is -2.10. The normalized spacial score (nSPS) is 11.0. The molecule has 0 saturated heterocycles. The molecule has 0 aliphatic heterocycles. The van der Waals surface area contributed by atoms with Crippen LogP contribution in [0.2, 0.25) is 0 Å². The number of nitrogens with two attached hydrogens (primary N) is 1. The highest BCUT2D eigenvalue weighted by Crippen LogP contribution is 2.21. The van der Waals surface area contributed by atoms with Gasteiger partial charge in [0.2, 0.25) is 10.0 Å². The molecular formula is C14H15N3O4S. The highest BCUT2D eigenvalue weighted by Gasteiger charge is 2.17. The number of hydrogen-bond donors (Lipinski definition) is 2. The Labute approximate surface area is 128 Å². The SMILES string of the molecule is COc1ccc(S(N)(=O)=O)cc1C(=O)NCc1cccnc1. The summed E-state index contributed by atoms with van der Waals surface area (Å²) < 4.78 is 27.8. The number of sulfonamides is 1. The van der Waals surface area contributed by atoms with E-state index in [9.17, 15) is 13.2 Å². The van der Waals surface area contributed by atoms with Crippen molar-refractivity contribution < 1.29 is 17.9 Å². The summed E-state index contributed by atoms with van der Waals surface area (Å²) in [6.07, 6.45) is 3.25. The van der Waals surface area contributed by atoms with Gasteiger partial charge in [-0.2, -0.15) is 0 Å². The molecular weight excluding hydrogens is 306 g/mol. The molecule has 22 heavy (non-hydrogen) atoms. The number of aromatic nitrogens is 1. The Balaban J connectivity index is 2.24. The minimum absolute atomic E-state index is 0.0953. The number of carbonyl (C=O) groups excluding carboxylic acids is 1. The molecule has 0 aliphatic carbocycles. The molecule has 7 nitrogen and oxygen atoms in total. The van der Waals surface area contributed by atoms with Crippen LogP contribution >= 0.6 is 0 Å². The second-order valence-electron chi connectivity index (χ2n) is 4.45. The van der Waals surface area contributed by atoms with E-state index in [4.69, 9.17) is 9.88 Å². The summed E-state index contributed by atoms with van der Waals surface area (Å²) in [5.41, 5.74) is 0.912. The third kappa shape index (κ3) is 3.80. The van der Waals surface area contributed by atoms with Gasteiger partial charge in [-0.25, -0.2) is 13.6 Å². The highest BCUT2D eigenvalue weighted by molar-refractivity contribution is 7.89. The van der Waals surface area contributed by atoms with Gasteiger partial charge >= 0.3 is 0 Å². The number of nitrogens with one attached hydrogen (secondary N) is 1. The van der Waals surface area contributed by atoms with E-state index in [1.807, 2.05) is 6.07 Å². The standard InChI is InChI=1S/C14H15N3O4S/c1-21-13-5-4-11(22(15,19)20)7-12(13)14(18)17-9-10-3-2-6-16-8-10/h2-8H,9H2,1H3,(H,17,18)(H2,15,19,20). The lowest BCUT2D eigenvalue weighted by Crippen LogP contribution is -2.24. The van der Waals surface area contributed by atoms with Crippen molar-refractivity contribution in [3.8, 4) is 5.75 Å². The van der Waals surface area contributed by atoms with Crippen molar-refractivity contribution in [3.63, 3.8) is 0 Å². The van der Waals surface area contributed by atoms with Gasteiger partial charge in [0.05, 0.1) is 17.6 Å². The topological polar surface area (TPSA) is 111 Å². The Morgan fingerprint density at radius 3 is 2.73 bits per heavy atom. The van der Waals surface area contributed by atoms with Crippen molar-refractivity contribution in [2.75, 3.05) is 7.11 Å². The van der Waals surface area contributed by atoms with Crippen molar-refractivity contribution in [1.29, 1.82) is 0 Å². The van der Waals surface area contributed by atoms with Crippen molar-refractivity contribution in [2.24, 2.45) is 5.14 Å². The predicted molar refractivity (Wildman–Crippen MR) is 79.8 cm³/mol. The van der Waals surface area contributed by atoms with E-state index in [1.54, 1.807) is 18.5 Å². The molecule has 0 spiro atoms. The van der Waals surface area contributed by atoms with E-state index in [0.29, 0.717) is 0 Å². The van der Waals surface area contributed by atoms with Crippen LogP contribution in [0.15, 0.2) is 47.6 Å². The van der Waals surface area contributed by atoms with Crippen LogP contribution in [0.3, 0.4) is 0 Å². The number of methoxy groups -OCH3 is 1. The van der Waals surface area contributed by atoms with Gasteiger partial charge in [0.25, 0.3) is 5.91 Å². The lowest BCUT2D eigenvalue weighted by atomic mass is 10.2. The first kappa shape index (κ1) is 15.9.